The molecule has 14 nitrogen and oxygen atoms in total. The highest BCUT2D eigenvalue weighted by Crippen LogP contribution is 2.39. The summed E-state index contributed by atoms with van der Waals surface area (Å²) in [4.78, 5) is 51.9. The van der Waals surface area contributed by atoms with Crippen molar-refractivity contribution in [2.45, 2.75) is 53.1 Å². The van der Waals surface area contributed by atoms with Crippen LogP contribution < -0.4 is 25.1 Å². The second-order valence-electron chi connectivity index (χ2n) is 15.9. The van der Waals surface area contributed by atoms with Gasteiger partial charge in [0.2, 0.25) is 0 Å². The summed E-state index contributed by atoms with van der Waals surface area (Å²) in [5, 5.41) is 13.0. The minimum Gasteiger partial charge on any atom is -0.490 e. The number of carbonyl (C=O) groups is 3. The fraction of sp³-hybridized carbons (Fsp3) is 0.444. The number of ketones is 2. The smallest absolute Gasteiger partial charge is 0.273 e. The Hall–Kier alpha value is -4.48. The molecule has 0 radical (unpaired) electrons. The average molecular weight is 912 g/mol. The van der Waals surface area contributed by atoms with Gasteiger partial charge in [-0.1, -0.05) is 51.4 Å². The van der Waals surface area contributed by atoms with Gasteiger partial charge in [0.25, 0.3) is 11.9 Å². The summed E-state index contributed by atoms with van der Waals surface area (Å²) in [6, 6.07) is 16.9. The van der Waals surface area contributed by atoms with Gasteiger partial charge in [-0.05, 0) is 71.1 Å². The van der Waals surface area contributed by atoms with Crippen LogP contribution in [0.25, 0.3) is 0 Å². The number of quaternary nitrogens is 1. The van der Waals surface area contributed by atoms with Gasteiger partial charge in [-0.15, -0.1) is 11.6 Å². The highest BCUT2D eigenvalue weighted by atomic mass is 35.5. The Bertz CT molecular complexity index is 2150. The number of hydrogen-bond donors (Lipinski definition) is 4. The molecule has 0 aliphatic carbocycles. The molecule has 5 rings (SSSR count). The first-order chi connectivity index (χ1) is 29.5. The molecule has 2 heterocycles. The van der Waals surface area contributed by atoms with Crippen LogP contribution in [0.2, 0.25) is 5.02 Å². The normalized spacial score (nSPS) is 14.8. The molecule has 2 unspecified atom stereocenters. The zero-order chi connectivity index (χ0) is 45.0. The molecule has 0 bridgehead atoms. The van der Waals surface area contributed by atoms with Gasteiger partial charge in [-0.25, -0.2) is 9.97 Å². The van der Waals surface area contributed by atoms with Crippen molar-refractivity contribution >= 4 is 65.1 Å². The molecule has 1 saturated heterocycles. The van der Waals surface area contributed by atoms with Crippen LogP contribution in [0.3, 0.4) is 0 Å². The van der Waals surface area contributed by atoms with E-state index in [1.54, 1.807) is 18.5 Å². The van der Waals surface area contributed by atoms with E-state index in [4.69, 9.17) is 37.4 Å². The summed E-state index contributed by atoms with van der Waals surface area (Å²) in [6.45, 7) is 15.0. The van der Waals surface area contributed by atoms with E-state index in [1.165, 1.54) is 14.0 Å². The van der Waals surface area contributed by atoms with Gasteiger partial charge in [0.1, 0.15) is 38.8 Å². The Morgan fingerprint density at radius 2 is 1.63 bits per heavy atom. The molecular formula is C45H58Cl2N7O7S+. The van der Waals surface area contributed by atoms with Crippen LogP contribution in [0.4, 0.5) is 11.6 Å². The van der Waals surface area contributed by atoms with E-state index in [9.17, 15) is 19.6 Å². The van der Waals surface area contributed by atoms with E-state index >= 15 is 0 Å². The number of hydrogen-bond acceptors (Lipinski definition) is 13. The van der Waals surface area contributed by atoms with E-state index in [0.29, 0.717) is 47.1 Å². The summed E-state index contributed by atoms with van der Waals surface area (Å²) in [5.74, 6) is 0.767. The summed E-state index contributed by atoms with van der Waals surface area (Å²) in [5.41, 5.74) is 6.81. The molecule has 1 aliphatic rings. The molecule has 4 aromatic rings. The van der Waals surface area contributed by atoms with Gasteiger partial charge in [-0.3, -0.25) is 19.3 Å². The van der Waals surface area contributed by atoms with Crippen LogP contribution in [-0.2, 0) is 16.8 Å². The number of piperazine rings is 1. The predicted molar refractivity (Wildman–Crippen MR) is 245 cm³/mol. The van der Waals surface area contributed by atoms with Gasteiger partial charge in [-0.2, -0.15) is 10.6 Å². The first-order valence-corrected chi connectivity index (χ1v) is 22.0. The number of carbonyl (C=O) groups excluding carboxylic acids is 3. The lowest BCUT2D eigenvalue weighted by Crippen LogP contribution is -2.47. The Kier molecular flexibility index (Phi) is 17.4. The third-order valence-corrected chi connectivity index (χ3v) is 11.4. The predicted octanol–water partition coefficient (Wildman–Crippen LogP) is 7.66. The standard InChI is InChI=1S/C45H57Cl2N7O7S/c1-7-30(2)41(56)38-26-35(10-13-37(38)31(3)55)53-18-16-52(17-19-53)20-23-59-22-15-48-43(57)39-24-34(25-40(47)42(39)60-21-14-46)45(4,5)33-8-11-36(12-9-33)61-29-32-27-49-44(50-28-32)51-54(6,58)62/h8-13,24-28,30,58,62H,7,14-23,29H2,1-6H3,(H-,48,49,50,51,57)/p+1. The van der Waals surface area contributed by atoms with Crippen LogP contribution in [-0.4, -0.2) is 114 Å². The molecule has 1 amide bonds. The number of hydroxylamine groups is 1. The molecule has 0 spiro atoms. The maximum Gasteiger partial charge on any atom is 0.273 e. The molecule has 2 atom stereocenters. The monoisotopic (exact) mass is 910 g/mol. The highest BCUT2D eigenvalue weighted by molar-refractivity contribution is 7.74. The molecule has 1 fully saturated rings. The fourth-order valence-corrected chi connectivity index (χ4v) is 7.38. The first kappa shape index (κ1) is 48.6. The zero-order valence-electron chi connectivity index (χ0n) is 36.2. The number of alkyl halides is 1. The van der Waals surface area contributed by atoms with Crippen molar-refractivity contribution < 1.29 is 38.0 Å². The Morgan fingerprint density at radius 3 is 2.26 bits per heavy atom. The van der Waals surface area contributed by atoms with Gasteiger partial charge in [0, 0.05) is 85.4 Å². The lowest BCUT2D eigenvalue weighted by Gasteiger charge is -2.36. The molecule has 1 aliphatic heterocycles. The zero-order valence-corrected chi connectivity index (χ0v) is 38.7. The van der Waals surface area contributed by atoms with Crippen LogP contribution in [0.1, 0.15) is 88.8 Å². The number of Topliss-reactive ketones (excluding diaryl/α,β-unsaturated/α-hetero) is 2. The Labute approximate surface area is 379 Å². The topological polar surface area (TPSA) is 155 Å². The molecule has 17 heteroatoms. The number of rotatable bonds is 22. The number of halogens is 2. The van der Waals surface area contributed by atoms with E-state index in [1.807, 2.05) is 62.4 Å². The number of benzene rings is 3. The van der Waals surface area contributed by atoms with Gasteiger partial charge >= 0.3 is 0 Å². The third-order valence-electron chi connectivity index (χ3n) is 10.9. The van der Waals surface area contributed by atoms with Gasteiger partial charge in [0.05, 0.1) is 29.7 Å². The lowest BCUT2D eigenvalue weighted by molar-refractivity contribution is -0.955. The maximum absolute atomic E-state index is 13.7. The molecule has 334 valence electrons. The first-order valence-electron chi connectivity index (χ1n) is 20.7. The number of amides is 1. The van der Waals surface area contributed by atoms with Crippen LogP contribution in [0.15, 0.2) is 67.0 Å². The molecule has 62 heavy (non-hydrogen) atoms. The van der Waals surface area contributed by atoms with E-state index in [2.05, 4.69) is 57.2 Å². The molecule has 0 saturated carbocycles. The SMILES string of the molecule is CCC(C)C(=O)c1cc(N2CCN(CCOCCNC(=O)c3cc(C(C)(C)c4ccc(OCc5cnc(N[N+](C)(O)S)nc5)cc4)cc(Cl)c3OCCCl)CC2)ccc1C(C)=O. The van der Waals surface area contributed by atoms with Crippen molar-refractivity contribution in [3.8, 4) is 11.5 Å². The van der Waals surface area contributed by atoms with Gasteiger partial charge < -0.3 is 24.4 Å². The number of anilines is 2. The molecule has 3 aromatic carbocycles. The number of nitrogens with one attached hydrogen (secondary N) is 2. The van der Waals surface area contributed by atoms with Crippen LogP contribution in [0, 0.1) is 5.92 Å². The third kappa shape index (κ3) is 13.3. The van der Waals surface area contributed by atoms with E-state index in [-0.39, 0.29) is 60.7 Å². The van der Waals surface area contributed by atoms with Gasteiger partial charge in [0.15, 0.2) is 17.3 Å². The molecule has 3 N–H and O–H groups in total. The van der Waals surface area contributed by atoms with Crippen LogP contribution in [0.5, 0.6) is 11.5 Å². The largest absolute Gasteiger partial charge is 0.490 e. The summed E-state index contributed by atoms with van der Waals surface area (Å²) in [7, 11) is 1.41. The maximum atomic E-state index is 13.7. The number of aromatic nitrogens is 2. The summed E-state index contributed by atoms with van der Waals surface area (Å²) in [6.07, 6.45) is 3.92. The van der Waals surface area contributed by atoms with Crippen LogP contribution >= 0.6 is 36.0 Å². The number of ether oxygens (including phenoxy) is 3. The highest BCUT2D eigenvalue weighted by Gasteiger charge is 2.28. The van der Waals surface area contributed by atoms with Crippen molar-refractivity contribution in [2.24, 2.45) is 5.92 Å². The minimum absolute atomic E-state index is 0.00596. The Morgan fingerprint density at radius 1 is 0.935 bits per heavy atom. The van der Waals surface area contributed by atoms with E-state index in [0.717, 1.165) is 55.1 Å². The van der Waals surface area contributed by atoms with Crippen molar-refractivity contribution in [3.05, 3.63) is 105 Å². The molecule has 1 aromatic heterocycles. The van der Waals surface area contributed by atoms with Crippen molar-refractivity contribution in [1.82, 2.24) is 20.2 Å². The minimum atomic E-state index is -0.807. The Balaban J connectivity index is 1.12. The molecular weight excluding hydrogens is 854 g/mol. The average Bonchev–Trinajstić information content (AvgIpc) is 3.25. The van der Waals surface area contributed by atoms with Crippen molar-refractivity contribution in [1.29, 1.82) is 0 Å². The summed E-state index contributed by atoms with van der Waals surface area (Å²) >= 11 is 16.7. The fourth-order valence-electron chi connectivity index (χ4n) is 6.94. The lowest BCUT2D eigenvalue weighted by atomic mass is 9.77. The quantitative estimate of drug-likeness (QED) is 0.0153. The second kappa shape index (κ2) is 22.2. The second-order valence-corrected chi connectivity index (χ2v) is 17.5. The number of nitrogens with zero attached hydrogens (tertiary/aromatic N) is 5. The summed E-state index contributed by atoms with van der Waals surface area (Å²) < 4.78 is 17.0. The number of thiol groups is 1. The van der Waals surface area contributed by atoms with E-state index < -0.39 is 9.58 Å². The van der Waals surface area contributed by atoms with Crippen molar-refractivity contribution in [3.63, 3.8) is 0 Å². The van der Waals surface area contributed by atoms with Crippen molar-refractivity contribution in [2.75, 3.05) is 82.3 Å².